The van der Waals surface area contributed by atoms with Gasteiger partial charge in [0, 0.05) is 23.3 Å². The summed E-state index contributed by atoms with van der Waals surface area (Å²) in [6.07, 6.45) is 2.63. The van der Waals surface area contributed by atoms with E-state index >= 15 is 4.39 Å². The molecule has 2 heterocycles. The Balaban J connectivity index is 1.72. The van der Waals surface area contributed by atoms with Crippen molar-refractivity contribution in [3.63, 3.8) is 0 Å². The Kier molecular flexibility index (Phi) is 5.94. The first-order valence-corrected chi connectivity index (χ1v) is 11.7. The van der Waals surface area contributed by atoms with Gasteiger partial charge in [0.1, 0.15) is 11.5 Å². The van der Waals surface area contributed by atoms with Gasteiger partial charge in [0.25, 0.3) is 10.0 Å². The number of nitrogens with zero attached hydrogens (tertiary/aromatic N) is 1. The molecule has 0 aliphatic carbocycles. The monoisotopic (exact) mass is 489 g/mol. The first-order valence-electron chi connectivity index (χ1n) is 9.86. The number of H-pyrrole nitrogens is 1. The fourth-order valence-electron chi connectivity index (χ4n) is 3.38. The number of hydrogen-bond donors (Lipinski definition) is 2. The predicted molar refractivity (Wildman–Crippen MR) is 122 cm³/mol. The van der Waals surface area contributed by atoms with E-state index in [-0.39, 0.29) is 26.8 Å². The number of anilines is 1. The van der Waals surface area contributed by atoms with Crippen LogP contribution in [-0.2, 0) is 10.0 Å². The lowest BCUT2D eigenvalue weighted by Crippen LogP contribution is -2.16. The molecule has 33 heavy (non-hydrogen) atoms. The topological polar surface area (TPSA) is 91.9 Å². The highest BCUT2D eigenvalue weighted by Gasteiger charge is 2.26. The normalized spacial score (nSPS) is 11.8. The van der Waals surface area contributed by atoms with E-state index in [2.05, 4.69) is 14.7 Å². The van der Waals surface area contributed by atoms with Crippen molar-refractivity contribution in [2.24, 2.45) is 0 Å². The van der Waals surface area contributed by atoms with Gasteiger partial charge in [-0.1, -0.05) is 37.6 Å². The number of aromatic amines is 1. The van der Waals surface area contributed by atoms with E-state index < -0.39 is 38.7 Å². The van der Waals surface area contributed by atoms with Gasteiger partial charge in [0.15, 0.2) is 5.82 Å². The largest absolute Gasteiger partial charge is 0.345 e. The molecule has 0 fully saturated rings. The third-order valence-corrected chi connectivity index (χ3v) is 6.75. The zero-order chi connectivity index (χ0) is 23.9. The number of sulfonamides is 1. The van der Waals surface area contributed by atoms with Crippen LogP contribution in [0.4, 0.5) is 14.5 Å². The van der Waals surface area contributed by atoms with E-state index in [0.29, 0.717) is 5.65 Å². The Morgan fingerprint density at radius 3 is 2.48 bits per heavy atom. The molecule has 0 atom stereocenters. The van der Waals surface area contributed by atoms with Gasteiger partial charge in [-0.15, -0.1) is 0 Å². The molecule has 0 aliphatic rings. The minimum Gasteiger partial charge on any atom is -0.345 e. The fourth-order valence-corrected chi connectivity index (χ4v) is 4.59. The van der Waals surface area contributed by atoms with Crippen LogP contribution in [-0.4, -0.2) is 24.2 Å². The van der Waals surface area contributed by atoms with E-state index in [1.807, 2.05) is 13.8 Å². The average molecular weight is 490 g/mol. The van der Waals surface area contributed by atoms with Crippen molar-refractivity contribution >= 4 is 44.1 Å². The smallest absolute Gasteiger partial charge is 0.261 e. The third-order valence-electron chi connectivity index (χ3n) is 5.16. The van der Waals surface area contributed by atoms with Gasteiger partial charge in [0.05, 0.1) is 21.2 Å². The Hall–Kier alpha value is -3.30. The molecule has 170 valence electrons. The van der Waals surface area contributed by atoms with E-state index in [1.54, 1.807) is 12.1 Å². The van der Waals surface area contributed by atoms with Crippen LogP contribution in [0, 0.1) is 11.6 Å². The van der Waals surface area contributed by atoms with Gasteiger partial charge >= 0.3 is 0 Å². The van der Waals surface area contributed by atoms with Crippen molar-refractivity contribution in [3.8, 4) is 0 Å². The van der Waals surface area contributed by atoms with Gasteiger partial charge in [0.2, 0.25) is 5.78 Å². The van der Waals surface area contributed by atoms with Crippen LogP contribution in [0.2, 0.25) is 5.02 Å². The molecule has 2 aromatic carbocycles. The number of ketones is 1. The molecule has 10 heteroatoms. The Morgan fingerprint density at radius 1 is 1.12 bits per heavy atom. The van der Waals surface area contributed by atoms with Crippen molar-refractivity contribution in [2.45, 2.75) is 24.7 Å². The van der Waals surface area contributed by atoms with Crippen LogP contribution in [0.25, 0.3) is 11.0 Å². The molecule has 2 aromatic heterocycles. The summed E-state index contributed by atoms with van der Waals surface area (Å²) in [6, 6.07) is 9.31. The van der Waals surface area contributed by atoms with Crippen molar-refractivity contribution in [1.82, 2.24) is 9.97 Å². The summed E-state index contributed by atoms with van der Waals surface area (Å²) in [7, 11) is -4.19. The molecule has 0 unspecified atom stereocenters. The number of carbonyl (C=O) groups excluding carboxylic acids is 1. The van der Waals surface area contributed by atoms with Crippen LogP contribution in [0.15, 0.2) is 59.8 Å². The maximum absolute atomic E-state index is 15.2. The van der Waals surface area contributed by atoms with E-state index in [0.717, 1.165) is 17.7 Å². The number of hydrogen-bond acceptors (Lipinski definition) is 4. The van der Waals surface area contributed by atoms with E-state index in [4.69, 9.17) is 11.6 Å². The molecule has 2 N–H and O–H groups in total. The maximum Gasteiger partial charge on any atom is 0.261 e. The van der Waals surface area contributed by atoms with E-state index in [9.17, 15) is 17.6 Å². The summed E-state index contributed by atoms with van der Waals surface area (Å²) in [6.45, 7) is 3.93. The molecule has 0 saturated carbocycles. The highest BCUT2D eigenvalue weighted by Crippen LogP contribution is 2.29. The maximum atomic E-state index is 15.2. The van der Waals surface area contributed by atoms with Crippen LogP contribution in [0.3, 0.4) is 0 Å². The third kappa shape index (κ3) is 4.34. The summed E-state index contributed by atoms with van der Waals surface area (Å²) in [4.78, 5) is 19.7. The number of rotatable bonds is 6. The number of nitrogens with one attached hydrogen (secondary N) is 2. The lowest BCUT2D eigenvalue weighted by Gasteiger charge is -2.13. The second-order valence-electron chi connectivity index (χ2n) is 7.69. The van der Waals surface area contributed by atoms with Crippen molar-refractivity contribution in [1.29, 1.82) is 0 Å². The summed E-state index contributed by atoms with van der Waals surface area (Å²) in [5.74, 6) is -3.24. The quantitative estimate of drug-likeness (QED) is 0.342. The highest BCUT2D eigenvalue weighted by molar-refractivity contribution is 7.92. The minimum atomic E-state index is -4.19. The number of aromatic nitrogens is 2. The molecule has 4 rings (SSSR count). The van der Waals surface area contributed by atoms with Crippen LogP contribution in [0.5, 0.6) is 0 Å². The molecule has 0 aliphatic heterocycles. The molecule has 0 amide bonds. The Morgan fingerprint density at radius 2 is 1.82 bits per heavy atom. The molecule has 0 bridgehead atoms. The zero-order valence-corrected chi connectivity index (χ0v) is 19.1. The number of pyridine rings is 1. The SMILES string of the molecule is CC(C)c1ccc(S(=O)(=O)Nc2ccc(F)c(C(=O)c3c[nH]c4ncc(Cl)cc34)c2F)cc1. The Bertz CT molecular complexity index is 1480. The average Bonchev–Trinajstić information content (AvgIpc) is 3.19. The predicted octanol–water partition coefficient (Wildman–Crippen LogP) is 5.65. The van der Waals surface area contributed by atoms with Crippen LogP contribution >= 0.6 is 11.6 Å². The molecular weight excluding hydrogens is 472 g/mol. The summed E-state index contributed by atoms with van der Waals surface area (Å²) < 4.78 is 57.4. The zero-order valence-electron chi connectivity index (χ0n) is 17.5. The molecule has 0 spiro atoms. The first-order chi connectivity index (χ1) is 15.6. The van der Waals surface area contributed by atoms with E-state index in [1.165, 1.54) is 30.6 Å². The molecule has 0 radical (unpaired) electrons. The van der Waals surface area contributed by atoms with Crippen LogP contribution in [0.1, 0.15) is 41.3 Å². The van der Waals surface area contributed by atoms with Gasteiger partial charge in [-0.3, -0.25) is 9.52 Å². The lowest BCUT2D eigenvalue weighted by atomic mass is 10.0. The second-order valence-corrected chi connectivity index (χ2v) is 9.81. The van der Waals surface area contributed by atoms with Crippen molar-refractivity contribution in [3.05, 3.63) is 88.2 Å². The fraction of sp³-hybridized carbons (Fsp3) is 0.130. The summed E-state index contributed by atoms with van der Waals surface area (Å²) in [5.41, 5.74) is -0.259. The van der Waals surface area contributed by atoms with Gasteiger partial charge < -0.3 is 4.98 Å². The van der Waals surface area contributed by atoms with Gasteiger partial charge in [-0.25, -0.2) is 22.2 Å². The minimum absolute atomic E-state index is 0.0536. The number of fused-ring (bicyclic) bond motifs is 1. The van der Waals surface area contributed by atoms with Crippen LogP contribution < -0.4 is 4.72 Å². The van der Waals surface area contributed by atoms with Crippen molar-refractivity contribution < 1.29 is 22.0 Å². The lowest BCUT2D eigenvalue weighted by molar-refractivity contribution is 0.103. The Labute approximate surface area is 193 Å². The van der Waals surface area contributed by atoms with Crippen molar-refractivity contribution in [2.75, 3.05) is 4.72 Å². The summed E-state index contributed by atoms with van der Waals surface area (Å²) in [5, 5.41) is 0.518. The standard InChI is InChI=1S/C23H18ClF2N3O3S/c1-12(2)13-3-5-15(6-4-13)33(31,32)29-19-8-7-18(25)20(21(19)26)22(30)17-11-28-23-16(17)9-14(24)10-27-23/h3-12,29H,1-2H3,(H,27,28). The molecule has 0 saturated heterocycles. The first kappa shape index (κ1) is 22.9. The number of carbonyl (C=O) groups is 1. The second kappa shape index (κ2) is 8.57. The molecular formula is C23H18ClF2N3O3S. The highest BCUT2D eigenvalue weighted by atomic mass is 35.5. The van der Waals surface area contributed by atoms with Gasteiger partial charge in [-0.2, -0.15) is 0 Å². The summed E-state index contributed by atoms with van der Waals surface area (Å²) >= 11 is 5.93. The number of halogens is 3. The number of benzene rings is 2. The molecule has 6 nitrogen and oxygen atoms in total. The van der Waals surface area contributed by atoms with Gasteiger partial charge in [-0.05, 0) is 41.8 Å². The molecule has 4 aromatic rings.